The normalized spacial score (nSPS) is 81.0. The summed E-state index contributed by atoms with van der Waals surface area (Å²) in [4.78, 5) is 0. The second-order valence-corrected chi connectivity index (χ2v) is 13.5. The van der Waals surface area contributed by atoms with Crippen molar-refractivity contribution in [1.82, 2.24) is 0 Å². The van der Waals surface area contributed by atoms with Crippen molar-refractivity contribution in [1.29, 1.82) is 0 Å². The summed E-state index contributed by atoms with van der Waals surface area (Å²) in [6.07, 6.45) is 3.28. The van der Waals surface area contributed by atoms with Gasteiger partial charge >= 0.3 is 0 Å². The van der Waals surface area contributed by atoms with Crippen molar-refractivity contribution in [3.05, 3.63) is 29.8 Å². The van der Waals surface area contributed by atoms with Crippen LogP contribution in [0, 0.1) is 100 Å². The van der Waals surface area contributed by atoms with Crippen LogP contribution in [0.15, 0.2) is 24.3 Å². The molecule has 14 unspecified atom stereocenters. The lowest BCUT2D eigenvalue weighted by Crippen LogP contribution is -2.56. The molecule has 140 valence electrons. The van der Waals surface area contributed by atoms with Crippen LogP contribution in [0.2, 0.25) is 0 Å². The van der Waals surface area contributed by atoms with Gasteiger partial charge in [0.15, 0.2) is 0 Å². The Morgan fingerprint density at radius 1 is 0.679 bits per heavy atom. The fraction of sp³-hybridized carbons (Fsp3) is 0.778. The van der Waals surface area contributed by atoms with Gasteiger partial charge in [-0.3, -0.25) is 0 Å². The van der Waals surface area contributed by atoms with Gasteiger partial charge in [-0.1, -0.05) is 18.2 Å². The van der Waals surface area contributed by atoms with Crippen LogP contribution < -0.4 is 4.74 Å². The van der Waals surface area contributed by atoms with E-state index in [1.807, 2.05) is 0 Å². The molecule has 10 saturated carbocycles. The molecule has 11 aliphatic rings. The van der Waals surface area contributed by atoms with Crippen molar-refractivity contribution >= 4 is 0 Å². The molecule has 1 heterocycles. The van der Waals surface area contributed by atoms with Crippen LogP contribution in [0.3, 0.4) is 0 Å². The molecule has 0 aromatic heterocycles. The Kier molecular flexibility index (Phi) is 1.38. The van der Waals surface area contributed by atoms with Crippen LogP contribution in [0.1, 0.15) is 18.4 Å². The highest BCUT2D eigenvalue weighted by atomic mass is 16.5. The number of ether oxygens (including phenoxy) is 1. The first kappa shape index (κ1) is 12.7. The number of rotatable bonds is 0. The van der Waals surface area contributed by atoms with Gasteiger partial charge in [-0.05, 0) is 114 Å². The molecular formula is C27H26O. The highest BCUT2D eigenvalue weighted by molar-refractivity contribution is 5.57. The summed E-state index contributed by atoms with van der Waals surface area (Å²) in [5.74, 6) is 19.6. The van der Waals surface area contributed by atoms with E-state index in [1.54, 1.807) is 18.4 Å². The molecule has 1 heteroatoms. The SMILES string of the molecule is c1ccc2c(c1)OCC13C4C5C6C7C8CC(C74)C21C1CC2C8C6C4C2C1C3C45. The zero-order chi connectivity index (χ0) is 17.0. The zero-order valence-electron chi connectivity index (χ0n) is 16.1. The Hall–Kier alpha value is -0.980. The molecule has 10 aliphatic carbocycles. The van der Waals surface area contributed by atoms with E-state index in [2.05, 4.69) is 24.3 Å². The molecular weight excluding hydrogens is 340 g/mol. The van der Waals surface area contributed by atoms with Crippen LogP contribution in [0.4, 0.5) is 0 Å². The summed E-state index contributed by atoms with van der Waals surface area (Å²) in [6, 6.07) is 9.51. The molecule has 1 aromatic carbocycles. The molecule has 1 aliphatic heterocycles. The quantitative estimate of drug-likeness (QED) is 0.672. The van der Waals surface area contributed by atoms with Gasteiger partial charge in [-0.25, -0.2) is 0 Å². The van der Waals surface area contributed by atoms with Gasteiger partial charge in [-0.15, -0.1) is 0 Å². The summed E-state index contributed by atoms with van der Waals surface area (Å²) in [7, 11) is 0. The van der Waals surface area contributed by atoms with Crippen LogP contribution in [0.5, 0.6) is 5.75 Å². The second-order valence-electron chi connectivity index (χ2n) is 13.5. The lowest BCUT2D eigenvalue weighted by molar-refractivity contribution is -0.0313. The Bertz CT molecular complexity index is 1040. The molecule has 10 fully saturated rings. The van der Waals surface area contributed by atoms with Crippen LogP contribution >= 0.6 is 0 Å². The molecule has 0 bridgehead atoms. The van der Waals surface area contributed by atoms with Gasteiger partial charge in [0.1, 0.15) is 5.75 Å². The lowest BCUT2D eigenvalue weighted by Gasteiger charge is -2.55. The van der Waals surface area contributed by atoms with Crippen LogP contribution in [-0.4, -0.2) is 6.61 Å². The minimum atomic E-state index is 0.546. The summed E-state index contributed by atoms with van der Waals surface area (Å²) in [6.45, 7) is 1.12. The summed E-state index contributed by atoms with van der Waals surface area (Å²) < 4.78 is 6.78. The highest BCUT2D eigenvalue weighted by Crippen LogP contribution is 3.01. The second kappa shape index (κ2) is 3.05. The van der Waals surface area contributed by atoms with Gasteiger partial charge < -0.3 is 4.74 Å². The van der Waals surface area contributed by atoms with Gasteiger partial charge in [-0.2, -0.15) is 0 Å². The number of hydrogen-bond acceptors (Lipinski definition) is 1. The van der Waals surface area contributed by atoms with Gasteiger partial charge in [0.05, 0.1) is 6.61 Å². The Balaban J connectivity index is 1.35. The summed E-state index contributed by atoms with van der Waals surface area (Å²) in [5, 5.41) is 0. The van der Waals surface area contributed by atoms with E-state index in [0.29, 0.717) is 10.8 Å². The van der Waals surface area contributed by atoms with Crippen molar-refractivity contribution in [3.63, 3.8) is 0 Å². The Morgan fingerprint density at radius 3 is 2.04 bits per heavy atom. The Labute approximate surface area is 165 Å². The lowest BCUT2D eigenvalue weighted by atomic mass is 9.51. The van der Waals surface area contributed by atoms with E-state index in [-0.39, 0.29) is 0 Å². The number of benzene rings is 1. The largest absolute Gasteiger partial charge is 0.493 e. The van der Waals surface area contributed by atoms with E-state index in [1.165, 1.54) is 41.3 Å². The summed E-state index contributed by atoms with van der Waals surface area (Å²) in [5.41, 5.74) is 2.86. The number of fused-ring (bicyclic) bond motifs is 3. The maximum Gasteiger partial charge on any atom is 0.123 e. The van der Waals surface area contributed by atoms with Crippen LogP contribution in [-0.2, 0) is 5.41 Å². The minimum Gasteiger partial charge on any atom is -0.493 e. The first-order chi connectivity index (χ1) is 13.9. The van der Waals surface area contributed by atoms with E-state index in [0.717, 1.165) is 65.8 Å². The van der Waals surface area contributed by atoms with Crippen molar-refractivity contribution in [2.24, 2.45) is 100 Å². The van der Waals surface area contributed by atoms with E-state index in [9.17, 15) is 0 Å². The molecule has 0 radical (unpaired) electrons. The summed E-state index contributed by atoms with van der Waals surface area (Å²) >= 11 is 0. The molecule has 12 rings (SSSR count). The maximum atomic E-state index is 6.78. The first-order valence-electron chi connectivity index (χ1n) is 12.6. The standard InChI is InChI=1S/C27H26O/c1-2-4-13-10(3-1)27-11-5-8-14-9-6-12(27)18-16(9)21-19(14)20-15(8)17(11)24-22(20)23(21)25(18)26(24,27)7-28-13/h1-4,8-9,11-12,14-25H,5-7H2. The van der Waals surface area contributed by atoms with Crippen LogP contribution in [0.25, 0.3) is 0 Å². The van der Waals surface area contributed by atoms with Crippen molar-refractivity contribution in [2.75, 3.05) is 6.61 Å². The third-order valence-electron chi connectivity index (χ3n) is 15.0. The minimum absolute atomic E-state index is 0.546. The molecule has 1 aromatic rings. The third-order valence-corrected chi connectivity index (χ3v) is 15.0. The molecule has 0 N–H and O–H groups in total. The fourth-order valence-corrected chi connectivity index (χ4v) is 16.6. The molecule has 1 spiro atoms. The van der Waals surface area contributed by atoms with Gasteiger partial charge in [0, 0.05) is 16.4 Å². The molecule has 14 atom stereocenters. The predicted molar refractivity (Wildman–Crippen MR) is 101 cm³/mol. The molecule has 1 nitrogen and oxygen atoms in total. The van der Waals surface area contributed by atoms with Crippen molar-refractivity contribution < 1.29 is 4.74 Å². The molecule has 0 amide bonds. The monoisotopic (exact) mass is 366 g/mol. The van der Waals surface area contributed by atoms with Gasteiger partial charge in [0.25, 0.3) is 0 Å². The fourth-order valence-electron chi connectivity index (χ4n) is 16.6. The van der Waals surface area contributed by atoms with Crippen molar-refractivity contribution in [2.45, 2.75) is 18.3 Å². The Morgan fingerprint density at radius 2 is 1.32 bits per heavy atom. The van der Waals surface area contributed by atoms with E-state index < -0.39 is 0 Å². The molecule has 28 heavy (non-hydrogen) atoms. The highest BCUT2D eigenvalue weighted by Gasteiger charge is 3.00. The predicted octanol–water partition coefficient (Wildman–Crippen LogP) is 4.08. The number of para-hydroxylation sites is 1. The third kappa shape index (κ3) is 0.706. The topological polar surface area (TPSA) is 9.23 Å². The smallest absolute Gasteiger partial charge is 0.123 e. The van der Waals surface area contributed by atoms with Crippen molar-refractivity contribution in [3.8, 4) is 5.75 Å². The maximum absolute atomic E-state index is 6.78. The molecule has 0 saturated heterocycles. The average Bonchev–Trinajstić information content (AvgIpc) is 3.46. The zero-order valence-corrected chi connectivity index (χ0v) is 16.1. The number of hydrogen-bond donors (Lipinski definition) is 0. The van der Waals surface area contributed by atoms with Gasteiger partial charge in [0.2, 0.25) is 0 Å². The average molecular weight is 367 g/mol. The van der Waals surface area contributed by atoms with E-state index in [4.69, 9.17) is 4.74 Å². The van der Waals surface area contributed by atoms with E-state index >= 15 is 0 Å². The first-order valence-corrected chi connectivity index (χ1v) is 12.6.